The second-order valence-corrected chi connectivity index (χ2v) is 7.63. The number of morpholine rings is 1. The lowest BCUT2D eigenvalue weighted by Gasteiger charge is -2.51. The van der Waals surface area contributed by atoms with Crippen LogP contribution in [0.5, 0.6) is 0 Å². The Labute approximate surface area is 166 Å². The van der Waals surface area contributed by atoms with E-state index in [-0.39, 0.29) is 24.8 Å². The van der Waals surface area contributed by atoms with Crippen LogP contribution in [0.3, 0.4) is 0 Å². The van der Waals surface area contributed by atoms with E-state index in [0.29, 0.717) is 52.3 Å². The van der Waals surface area contributed by atoms with Gasteiger partial charge in [0, 0.05) is 13.7 Å². The number of amides is 1. The highest BCUT2D eigenvalue weighted by Gasteiger charge is 2.48. The number of carbonyl (C=O) groups excluding carboxylic acids is 1. The summed E-state index contributed by atoms with van der Waals surface area (Å²) in [6.07, 6.45) is 2.11. The molecule has 156 valence electrons. The predicted molar refractivity (Wildman–Crippen MR) is 103 cm³/mol. The van der Waals surface area contributed by atoms with E-state index >= 15 is 0 Å². The van der Waals surface area contributed by atoms with Gasteiger partial charge in [-0.3, -0.25) is 4.90 Å². The van der Waals surface area contributed by atoms with Crippen LogP contribution in [-0.4, -0.2) is 73.9 Å². The largest absolute Gasteiger partial charge is 0.445 e. The zero-order valence-electron chi connectivity index (χ0n) is 16.5. The summed E-state index contributed by atoms with van der Waals surface area (Å²) in [5, 5.41) is 11.1. The average molecular weight is 393 g/mol. The highest BCUT2D eigenvalue weighted by atomic mass is 16.6. The molecule has 0 saturated carbocycles. The van der Waals surface area contributed by atoms with Gasteiger partial charge in [-0.25, -0.2) is 4.79 Å². The minimum absolute atomic E-state index is 0.157. The summed E-state index contributed by atoms with van der Waals surface area (Å²) in [5.41, 5.74) is 0.166. The van der Waals surface area contributed by atoms with E-state index in [2.05, 4.69) is 0 Å². The SMILES string of the molecule is COCCOCCCC1(O)CC2COCC(C1)N2C(=O)OCc1ccccc1. The molecule has 2 saturated heterocycles. The van der Waals surface area contributed by atoms with Crippen LogP contribution < -0.4 is 0 Å². The fraction of sp³-hybridized carbons (Fsp3) is 0.667. The molecule has 2 heterocycles. The molecule has 2 bridgehead atoms. The van der Waals surface area contributed by atoms with Gasteiger partial charge in [-0.15, -0.1) is 0 Å². The Morgan fingerprint density at radius 3 is 2.57 bits per heavy atom. The van der Waals surface area contributed by atoms with Crippen molar-refractivity contribution in [2.24, 2.45) is 0 Å². The van der Waals surface area contributed by atoms with Crippen molar-refractivity contribution in [1.82, 2.24) is 4.90 Å². The van der Waals surface area contributed by atoms with Crippen LogP contribution in [0.15, 0.2) is 30.3 Å². The van der Waals surface area contributed by atoms with Crippen molar-refractivity contribution in [3.05, 3.63) is 35.9 Å². The zero-order valence-corrected chi connectivity index (χ0v) is 16.5. The topological polar surface area (TPSA) is 77.5 Å². The van der Waals surface area contributed by atoms with Crippen molar-refractivity contribution < 1.29 is 28.8 Å². The summed E-state index contributed by atoms with van der Waals surface area (Å²) in [4.78, 5) is 14.5. The van der Waals surface area contributed by atoms with Gasteiger partial charge in [-0.05, 0) is 31.2 Å². The van der Waals surface area contributed by atoms with E-state index in [1.807, 2.05) is 30.3 Å². The van der Waals surface area contributed by atoms with E-state index in [1.165, 1.54) is 0 Å². The minimum atomic E-state index is -0.792. The third kappa shape index (κ3) is 5.67. The van der Waals surface area contributed by atoms with Crippen molar-refractivity contribution in [3.63, 3.8) is 0 Å². The lowest BCUT2D eigenvalue weighted by atomic mass is 9.78. The van der Waals surface area contributed by atoms with Crippen LogP contribution in [-0.2, 0) is 25.6 Å². The van der Waals surface area contributed by atoms with E-state index in [1.54, 1.807) is 12.0 Å². The number of rotatable bonds is 9. The van der Waals surface area contributed by atoms with E-state index in [4.69, 9.17) is 18.9 Å². The van der Waals surface area contributed by atoms with Crippen LogP contribution in [0, 0.1) is 0 Å². The second-order valence-electron chi connectivity index (χ2n) is 7.63. The molecule has 2 aliphatic rings. The fourth-order valence-corrected chi connectivity index (χ4v) is 4.12. The zero-order chi connectivity index (χ0) is 19.8. The smallest absolute Gasteiger partial charge is 0.410 e. The van der Waals surface area contributed by atoms with Gasteiger partial charge >= 0.3 is 6.09 Å². The van der Waals surface area contributed by atoms with Gasteiger partial charge in [0.25, 0.3) is 0 Å². The number of benzene rings is 1. The van der Waals surface area contributed by atoms with Crippen molar-refractivity contribution in [3.8, 4) is 0 Å². The second kappa shape index (κ2) is 10.2. The third-order valence-corrected chi connectivity index (χ3v) is 5.42. The number of fused-ring (bicyclic) bond motifs is 2. The van der Waals surface area contributed by atoms with Crippen molar-refractivity contribution >= 4 is 6.09 Å². The molecule has 1 aromatic carbocycles. The Balaban J connectivity index is 1.50. The molecule has 2 aliphatic heterocycles. The Kier molecular flexibility index (Phi) is 7.67. The lowest BCUT2D eigenvalue weighted by molar-refractivity contribution is -0.137. The van der Waals surface area contributed by atoms with Crippen molar-refractivity contribution in [1.29, 1.82) is 0 Å². The molecule has 0 spiro atoms. The Morgan fingerprint density at radius 1 is 1.18 bits per heavy atom. The van der Waals surface area contributed by atoms with Gasteiger partial charge < -0.3 is 24.1 Å². The number of carbonyl (C=O) groups is 1. The first-order valence-electron chi connectivity index (χ1n) is 9.97. The maximum absolute atomic E-state index is 12.7. The summed E-state index contributed by atoms with van der Waals surface area (Å²) in [7, 11) is 1.64. The molecule has 2 atom stereocenters. The van der Waals surface area contributed by atoms with Crippen LogP contribution in [0.2, 0.25) is 0 Å². The summed E-state index contributed by atoms with van der Waals surface area (Å²) in [6.45, 7) is 2.86. The summed E-state index contributed by atoms with van der Waals surface area (Å²) >= 11 is 0. The lowest BCUT2D eigenvalue weighted by Crippen LogP contribution is -2.63. The van der Waals surface area contributed by atoms with Crippen molar-refractivity contribution in [2.75, 3.05) is 40.1 Å². The molecule has 1 aromatic rings. The third-order valence-electron chi connectivity index (χ3n) is 5.42. The first-order chi connectivity index (χ1) is 13.6. The van der Waals surface area contributed by atoms with Gasteiger partial charge in [0.15, 0.2) is 0 Å². The van der Waals surface area contributed by atoms with Crippen LogP contribution >= 0.6 is 0 Å². The highest BCUT2D eigenvalue weighted by Crippen LogP contribution is 2.37. The first kappa shape index (κ1) is 21.0. The van der Waals surface area contributed by atoms with E-state index in [9.17, 15) is 9.90 Å². The Morgan fingerprint density at radius 2 is 1.89 bits per heavy atom. The van der Waals surface area contributed by atoms with E-state index in [0.717, 1.165) is 12.0 Å². The minimum Gasteiger partial charge on any atom is -0.445 e. The molecule has 2 fully saturated rings. The van der Waals surface area contributed by atoms with Gasteiger partial charge in [-0.1, -0.05) is 30.3 Å². The molecule has 3 rings (SSSR count). The highest BCUT2D eigenvalue weighted by molar-refractivity contribution is 5.69. The van der Waals surface area contributed by atoms with Gasteiger partial charge in [0.2, 0.25) is 0 Å². The summed E-state index contributed by atoms with van der Waals surface area (Å²) < 4.78 is 21.6. The molecular weight excluding hydrogens is 362 g/mol. The number of hydrogen-bond donors (Lipinski definition) is 1. The van der Waals surface area contributed by atoms with Gasteiger partial charge in [0.1, 0.15) is 6.61 Å². The van der Waals surface area contributed by atoms with Gasteiger partial charge in [0.05, 0.1) is 44.1 Å². The summed E-state index contributed by atoms with van der Waals surface area (Å²) in [6, 6.07) is 9.32. The average Bonchev–Trinajstić information content (AvgIpc) is 2.69. The molecule has 7 nitrogen and oxygen atoms in total. The predicted octanol–water partition coefficient (Wildman–Crippen LogP) is 2.36. The maximum Gasteiger partial charge on any atom is 0.410 e. The number of hydrogen-bond acceptors (Lipinski definition) is 6. The molecule has 2 unspecified atom stereocenters. The quantitative estimate of drug-likeness (QED) is 0.649. The summed E-state index contributed by atoms with van der Waals surface area (Å²) in [5.74, 6) is 0. The van der Waals surface area contributed by atoms with Crippen LogP contribution in [0.4, 0.5) is 4.79 Å². The Hall–Kier alpha value is -1.67. The monoisotopic (exact) mass is 393 g/mol. The molecule has 28 heavy (non-hydrogen) atoms. The van der Waals surface area contributed by atoms with Gasteiger partial charge in [-0.2, -0.15) is 0 Å². The molecule has 0 aliphatic carbocycles. The Bertz CT molecular complexity index is 596. The number of aliphatic hydroxyl groups is 1. The normalized spacial score (nSPS) is 26.9. The molecule has 0 radical (unpaired) electrons. The number of methoxy groups -OCH3 is 1. The maximum atomic E-state index is 12.7. The molecular formula is C21H31NO6. The van der Waals surface area contributed by atoms with Crippen LogP contribution in [0.1, 0.15) is 31.2 Å². The van der Waals surface area contributed by atoms with Crippen LogP contribution in [0.25, 0.3) is 0 Å². The van der Waals surface area contributed by atoms with Crippen molar-refractivity contribution in [2.45, 2.75) is 50.0 Å². The molecule has 0 aromatic heterocycles. The molecule has 1 amide bonds. The standard InChI is InChI=1S/C21H31NO6/c1-25-10-11-26-9-5-8-21(24)12-18-15-27-16-19(13-21)22(18)20(23)28-14-17-6-3-2-4-7-17/h2-4,6-7,18-19,24H,5,8-16H2,1H3. The fourth-order valence-electron chi connectivity index (χ4n) is 4.12. The van der Waals surface area contributed by atoms with E-state index < -0.39 is 5.60 Å². The molecule has 1 N–H and O–H groups in total. The molecule has 7 heteroatoms. The number of piperidine rings is 1. The first-order valence-corrected chi connectivity index (χ1v) is 9.97. The number of nitrogens with zero attached hydrogens (tertiary/aromatic N) is 1. The number of ether oxygens (including phenoxy) is 4.